The molecular formula is C27H32N6O5. The first-order valence-electron chi connectivity index (χ1n) is 13.1. The summed E-state index contributed by atoms with van der Waals surface area (Å²) in [4.78, 5) is 46.8. The molecule has 6 rings (SSSR count). The summed E-state index contributed by atoms with van der Waals surface area (Å²) < 4.78 is 8.27. The highest BCUT2D eigenvalue weighted by Crippen LogP contribution is 2.54. The van der Waals surface area contributed by atoms with Crippen LogP contribution in [0.5, 0.6) is 0 Å². The van der Waals surface area contributed by atoms with Gasteiger partial charge in [-0.1, -0.05) is 55.5 Å². The second-order valence-electron chi connectivity index (χ2n) is 10.9. The van der Waals surface area contributed by atoms with Crippen LogP contribution in [0, 0.1) is 17.8 Å². The van der Waals surface area contributed by atoms with E-state index < -0.39 is 35.6 Å². The number of benzene rings is 1. The van der Waals surface area contributed by atoms with Gasteiger partial charge in [0.15, 0.2) is 0 Å². The van der Waals surface area contributed by atoms with Gasteiger partial charge >= 0.3 is 0 Å². The zero-order valence-electron chi connectivity index (χ0n) is 21.7. The van der Waals surface area contributed by atoms with E-state index in [-0.39, 0.29) is 43.5 Å². The summed E-state index contributed by atoms with van der Waals surface area (Å²) in [6.07, 6.45) is 6.73. The summed E-state index contributed by atoms with van der Waals surface area (Å²) in [6, 6.07) is 5.85. The summed E-state index contributed by atoms with van der Waals surface area (Å²) in [7, 11) is 1.71. The van der Waals surface area contributed by atoms with E-state index in [0.717, 1.165) is 5.52 Å². The highest BCUT2D eigenvalue weighted by molar-refractivity contribution is 6.00. The van der Waals surface area contributed by atoms with Crippen molar-refractivity contribution in [2.75, 3.05) is 26.7 Å². The van der Waals surface area contributed by atoms with Crippen LogP contribution in [0.2, 0.25) is 0 Å². The number of ether oxygens (including phenoxy) is 1. The fraction of sp³-hybridized carbons (Fsp3) is 0.519. The van der Waals surface area contributed by atoms with Crippen molar-refractivity contribution in [1.29, 1.82) is 0 Å². The molecule has 1 N–H and O–H groups in total. The van der Waals surface area contributed by atoms with Gasteiger partial charge in [0.2, 0.25) is 11.8 Å². The first-order valence-corrected chi connectivity index (χ1v) is 13.1. The molecule has 2 fully saturated rings. The fourth-order valence-corrected chi connectivity index (χ4v) is 6.54. The number of amides is 3. The Morgan fingerprint density at radius 1 is 1.11 bits per heavy atom. The summed E-state index contributed by atoms with van der Waals surface area (Å²) in [5.74, 6) is -2.60. The number of carbonyl (C=O) groups is 3. The van der Waals surface area contributed by atoms with Gasteiger partial charge < -0.3 is 24.5 Å². The molecule has 0 saturated carbocycles. The summed E-state index contributed by atoms with van der Waals surface area (Å²) >= 11 is 0. The van der Waals surface area contributed by atoms with Crippen molar-refractivity contribution >= 4 is 28.8 Å². The number of likely N-dealkylation sites (N-methyl/N-ethyl adjacent to an activating group) is 1. The van der Waals surface area contributed by atoms with E-state index >= 15 is 0 Å². The van der Waals surface area contributed by atoms with Crippen molar-refractivity contribution in [3.8, 4) is 0 Å². The van der Waals surface area contributed by atoms with Crippen molar-refractivity contribution in [3.63, 3.8) is 0 Å². The Morgan fingerprint density at radius 2 is 1.89 bits per heavy atom. The Bertz CT molecular complexity index is 1350. The predicted molar refractivity (Wildman–Crippen MR) is 136 cm³/mol. The Kier molecular flexibility index (Phi) is 5.88. The van der Waals surface area contributed by atoms with Gasteiger partial charge in [0, 0.05) is 20.1 Å². The molecule has 0 aliphatic carbocycles. The maximum absolute atomic E-state index is 14.4. The van der Waals surface area contributed by atoms with Crippen LogP contribution in [0.25, 0.3) is 11.0 Å². The molecule has 1 spiro atoms. The first-order chi connectivity index (χ1) is 18.3. The van der Waals surface area contributed by atoms with E-state index in [1.807, 2.05) is 62.4 Å². The van der Waals surface area contributed by atoms with Crippen LogP contribution in [0.3, 0.4) is 0 Å². The van der Waals surface area contributed by atoms with Crippen LogP contribution in [0.15, 0.2) is 48.6 Å². The number of rotatable bonds is 5. The molecule has 3 amide bonds. The number of fused-ring (bicyclic) bond motifs is 3. The number of hydrogen-bond donors (Lipinski definition) is 1. The van der Waals surface area contributed by atoms with Crippen molar-refractivity contribution in [1.82, 2.24) is 29.7 Å². The molecule has 4 aliphatic heterocycles. The lowest BCUT2D eigenvalue weighted by atomic mass is 9.77. The second kappa shape index (κ2) is 9.02. The molecule has 2 saturated heterocycles. The number of aromatic nitrogens is 3. The van der Waals surface area contributed by atoms with Crippen LogP contribution < -0.4 is 0 Å². The molecule has 5 heterocycles. The average molecular weight is 521 g/mol. The van der Waals surface area contributed by atoms with Gasteiger partial charge in [-0.25, -0.2) is 4.68 Å². The van der Waals surface area contributed by atoms with Gasteiger partial charge in [-0.2, -0.15) is 0 Å². The van der Waals surface area contributed by atoms with Crippen LogP contribution in [-0.4, -0.2) is 103 Å². The Hall–Kier alpha value is -3.57. The Morgan fingerprint density at radius 3 is 2.66 bits per heavy atom. The van der Waals surface area contributed by atoms with Crippen molar-refractivity contribution in [2.45, 2.75) is 44.3 Å². The first kappa shape index (κ1) is 24.7. The van der Waals surface area contributed by atoms with Gasteiger partial charge in [0.05, 0.1) is 36.1 Å². The fourth-order valence-electron chi connectivity index (χ4n) is 6.54. The number of likely N-dealkylation sites (tertiary alicyclic amines) is 1. The SMILES string of the molecule is CC(C)[C@H](CO)N1C(=O)[C@@H]2[C@@H]3C(=O)N(C)CC=C[C@@H]3O[C@@]23C=CCN(Cn2nnc4ccccc42)C(=O)C13. The average Bonchev–Trinajstić information content (AvgIpc) is 3.45. The molecule has 38 heavy (non-hydrogen) atoms. The number of aliphatic hydroxyl groups is 1. The van der Waals surface area contributed by atoms with Crippen molar-refractivity contribution in [2.24, 2.45) is 17.8 Å². The van der Waals surface area contributed by atoms with Gasteiger partial charge in [-0.05, 0) is 18.1 Å². The molecule has 4 aliphatic rings. The van der Waals surface area contributed by atoms with Crippen LogP contribution in [0.4, 0.5) is 0 Å². The third kappa shape index (κ3) is 3.45. The minimum Gasteiger partial charge on any atom is -0.394 e. The monoisotopic (exact) mass is 520 g/mol. The molecule has 2 aromatic rings. The smallest absolute Gasteiger partial charge is 0.250 e. The lowest BCUT2D eigenvalue weighted by Gasteiger charge is -2.39. The molecule has 6 atom stereocenters. The minimum atomic E-state index is -1.33. The van der Waals surface area contributed by atoms with E-state index in [0.29, 0.717) is 12.1 Å². The number of hydrogen-bond acceptors (Lipinski definition) is 7. The molecule has 11 nitrogen and oxygen atoms in total. The molecule has 1 aromatic carbocycles. The van der Waals surface area contributed by atoms with Gasteiger partial charge in [-0.3, -0.25) is 14.4 Å². The Labute approximate surface area is 220 Å². The predicted octanol–water partition coefficient (Wildman–Crippen LogP) is 0.413. The highest BCUT2D eigenvalue weighted by atomic mass is 16.5. The third-order valence-corrected chi connectivity index (χ3v) is 8.42. The van der Waals surface area contributed by atoms with E-state index in [4.69, 9.17) is 4.74 Å². The molecular weight excluding hydrogens is 488 g/mol. The van der Waals surface area contributed by atoms with E-state index in [2.05, 4.69) is 10.3 Å². The molecule has 1 aromatic heterocycles. The molecule has 0 radical (unpaired) electrons. The topological polar surface area (TPSA) is 121 Å². The highest BCUT2D eigenvalue weighted by Gasteiger charge is 2.72. The second-order valence-corrected chi connectivity index (χ2v) is 10.9. The maximum Gasteiger partial charge on any atom is 0.250 e. The lowest BCUT2D eigenvalue weighted by Crippen LogP contribution is -2.59. The molecule has 11 heteroatoms. The lowest BCUT2D eigenvalue weighted by molar-refractivity contribution is -0.153. The molecule has 1 unspecified atom stereocenters. The summed E-state index contributed by atoms with van der Waals surface area (Å²) in [5, 5.41) is 18.8. The molecule has 0 bridgehead atoms. The zero-order chi connectivity index (χ0) is 26.8. The Balaban J connectivity index is 1.45. The van der Waals surface area contributed by atoms with E-state index in [1.54, 1.807) is 21.5 Å². The standard InChI is InChI=1S/C27H32N6O5/c1-16(2)19(14-34)33-23-26(37)31(15-32-18-9-5-4-8-17(18)28-29-32)13-7-11-27(23)22(25(33)36)21-20(38-27)10-6-12-30(3)24(21)35/h4-11,16,19-23,34H,12-15H2,1-3H3/t19-,20-,21+,22-,23?,27-/m0/s1. The van der Waals surface area contributed by atoms with Crippen LogP contribution in [-0.2, 0) is 25.8 Å². The largest absolute Gasteiger partial charge is 0.394 e. The number of carbonyl (C=O) groups excluding carboxylic acids is 3. The van der Waals surface area contributed by atoms with Crippen molar-refractivity contribution < 1.29 is 24.2 Å². The number of aliphatic hydroxyl groups excluding tert-OH is 1. The van der Waals surface area contributed by atoms with E-state index in [1.165, 1.54) is 4.90 Å². The van der Waals surface area contributed by atoms with Crippen LogP contribution in [0.1, 0.15) is 13.8 Å². The number of nitrogens with zero attached hydrogens (tertiary/aromatic N) is 6. The van der Waals surface area contributed by atoms with Gasteiger partial charge in [0.25, 0.3) is 5.91 Å². The summed E-state index contributed by atoms with van der Waals surface area (Å²) in [5.41, 5.74) is 0.172. The van der Waals surface area contributed by atoms with Gasteiger partial charge in [0.1, 0.15) is 23.8 Å². The molecule has 200 valence electrons. The summed E-state index contributed by atoms with van der Waals surface area (Å²) in [6.45, 7) is 4.33. The van der Waals surface area contributed by atoms with Crippen LogP contribution >= 0.6 is 0 Å². The minimum absolute atomic E-state index is 0.128. The zero-order valence-corrected chi connectivity index (χ0v) is 21.7. The van der Waals surface area contributed by atoms with Crippen molar-refractivity contribution in [3.05, 3.63) is 48.6 Å². The third-order valence-electron chi connectivity index (χ3n) is 8.42. The normalized spacial score (nSPS) is 31.6. The maximum atomic E-state index is 14.4. The van der Waals surface area contributed by atoms with Gasteiger partial charge in [-0.15, -0.1) is 5.10 Å². The van der Waals surface area contributed by atoms with E-state index in [9.17, 15) is 19.5 Å². The quantitative estimate of drug-likeness (QED) is 0.567. The number of para-hydroxylation sites is 1.